The molecule has 2 rings (SSSR count). The highest BCUT2D eigenvalue weighted by Crippen LogP contribution is 2.23. The highest BCUT2D eigenvalue weighted by Gasteiger charge is 2.11. The van der Waals surface area contributed by atoms with E-state index in [-0.39, 0.29) is 0 Å². The number of thiol groups is 1. The van der Waals surface area contributed by atoms with E-state index in [1.807, 2.05) is 6.07 Å². The number of ether oxygens (including phenoxy) is 1. The van der Waals surface area contributed by atoms with Crippen molar-refractivity contribution in [1.82, 2.24) is 0 Å². The first-order valence-corrected chi connectivity index (χ1v) is 7.20. The largest absolute Gasteiger partial charge is 0.493 e. The predicted octanol–water partition coefficient (Wildman–Crippen LogP) is 4.40. The maximum Gasteiger partial charge on any atom is 0.122 e. The summed E-state index contributed by atoms with van der Waals surface area (Å²) in [4.78, 5) is 0. The van der Waals surface area contributed by atoms with Crippen molar-refractivity contribution in [2.75, 3.05) is 12.4 Å². The van der Waals surface area contributed by atoms with Gasteiger partial charge in [-0.25, -0.2) is 0 Å². The van der Waals surface area contributed by atoms with Crippen LogP contribution in [0.15, 0.2) is 48.5 Å². The number of aryl methyl sites for hydroxylation is 2. The zero-order chi connectivity index (χ0) is 13.7. The Bertz CT molecular complexity index is 522. The molecule has 2 aromatic carbocycles. The average molecular weight is 272 g/mol. The number of benzene rings is 2. The smallest absolute Gasteiger partial charge is 0.122 e. The Morgan fingerprint density at radius 1 is 1.05 bits per heavy atom. The Morgan fingerprint density at radius 2 is 1.79 bits per heavy atom. The molecule has 0 aliphatic carbocycles. The summed E-state index contributed by atoms with van der Waals surface area (Å²) in [7, 11) is 0. The molecule has 2 heteroatoms. The third-order valence-corrected chi connectivity index (χ3v) is 3.72. The van der Waals surface area contributed by atoms with Gasteiger partial charge in [0.15, 0.2) is 0 Å². The standard InChI is InChI=1S/C17H20OS/c1-13-8-9-14(2)17(10-13)18-11-16(12-19)15-6-4-3-5-7-15/h3-10,16,19H,11-12H2,1-2H3. The van der Waals surface area contributed by atoms with Gasteiger partial charge in [0.05, 0.1) is 6.61 Å². The second-order valence-electron chi connectivity index (χ2n) is 4.87. The van der Waals surface area contributed by atoms with Gasteiger partial charge in [0.1, 0.15) is 5.75 Å². The van der Waals surface area contributed by atoms with Crippen molar-refractivity contribution in [1.29, 1.82) is 0 Å². The predicted molar refractivity (Wildman–Crippen MR) is 84.4 cm³/mol. The van der Waals surface area contributed by atoms with Gasteiger partial charge >= 0.3 is 0 Å². The monoisotopic (exact) mass is 272 g/mol. The van der Waals surface area contributed by atoms with Gasteiger partial charge < -0.3 is 4.74 Å². The third-order valence-electron chi connectivity index (χ3n) is 3.28. The van der Waals surface area contributed by atoms with Crippen LogP contribution in [-0.4, -0.2) is 12.4 Å². The molecule has 0 spiro atoms. The van der Waals surface area contributed by atoms with Gasteiger partial charge in [0.2, 0.25) is 0 Å². The molecule has 1 unspecified atom stereocenters. The van der Waals surface area contributed by atoms with Gasteiger partial charge in [-0.3, -0.25) is 0 Å². The lowest BCUT2D eigenvalue weighted by Crippen LogP contribution is -2.12. The van der Waals surface area contributed by atoms with Crippen molar-refractivity contribution in [3.05, 3.63) is 65.2 Å². The van der Waals surface area contributed by atoms with Crippen LogP contribution in [0.3, 0.4) is 0 Å². The summed E-state index contributed by atoms with van der Waals surface area (Å²) in [5.41, 5.74) is 3.68. The molecule has 0 bridgehead atoms. The third kappa shape index (κ3) is 3.77. The Labute approximate surface area is 121 Å². The Kier molecular flexibility index (Phi) is 4.92. The van der Waals surface area contributed by atoms with E-state index < -0.39 is 0 Å². The molecule has 0 fully saturated rings. The second-order valence-corrected chi connectivity index (χ2v) is 5.24. The molecule has 0 saturated carbocycles. The van der Waals surface area contributed by atoms with E-state index in [2.05, 4.69) is 68.9 Å². The van der Waals surface area contributed by atoms with Gasteiger partial charge in [-0.15, -0.1) is 0 Å². The molecule has 0 heterocycles. The summed E-state index contributed by atoms with van der Waals surface area (Å²) in [6.07, 6.45) is 0. The lowest BCUT2D eigenvalue weighted by atomic mass is 10.0. The van der Waals surface area contributed by atoms with Crippen molar-refractivity contribution in [2.45, 2.75) is 19.8 Å². The van der Waals surface area contributed by atoms with Crippen molar-refractivity contribution >= 4 is 12.6 Å². The van der Waals surface area contributed by atoms with E-state index in [1.165, 1.54) is 16.7 Å². The minimum absolute atomic E-state index is 0.324. The second kappa shape index (κ2) is 6.67. The fourth-order valence-corrected chi connectivity index (χ4v) is 2.35. The van der Waals surface area contributed by atoms with Crippen LogP contribution in [0.5, 0.6) is 5.75 Å². The normalized spacial score (nSPS) is 12.2. The van der Waals surface area contributed by atoms with Crippen molar-refractivity contribution in [2.24, 2.45) is 0 Å². The van der Waals surface area contributed by atoms with E-state index in [0.717, 1.165) is 11.5 Å². The molecular formula is C17H20OS. The lowest BCUT2D eigenvalue weighted by Gasteiger charge is -2.17. The van der Waals surface area contributed by atoms with Gasteiger partial charge in [0.25, 0.3) is 0 Å². The van der Waals surface area contributed by atoms with Crippen LogP contribution in [-0.2, 0) is 0 Å². The summed E-state index contributed by atoms with van der Waals surface area (Å²) < 4.78 is 5.98. The van der Waals surface area contributed by atoms with Gasteiger partial charge in [0, 0.05) is 11.7 Å². The Morgan fingerprint density at radius 3 is 2.47 bits per heavy atom. The average Bonchev–Trinajstić information content (AvgIpc) is 2.44. The van der Waals surface area contributed by atoms with Crippen LogP contribution in [0.1, 0.15) is 22.6 Å². The minimum atomic E-state index is 0.324. The quantitative estimate of drug-likeness (QED) is 0.794. The first-order valence-electron chi connectivity index (χ1n) is 6.56. The fourth-order valence-electron chi connectivity index (χ4n) is 2.03. The molecule has 1 atom stereocenters. The topological polar surface area (TPSA) is 9.23 Å². The van der Waals surface area contributed by atoms with Gasteiger partial charge in [-0.05, 0) is 36.6 Å². The number of hydrogen-bond donors (Lipinski definition) is 1. The van der Waals surface area contributed by atoms with Gasteiger partial charge in [-0.2, -0.15) is 12.6 Å². The van der Waals surface area contributed by atoms with Gasteiger partial charge in [-0.1, -0.05) is 42.5 Å². The molecule has 0 saturated heterocycles. The van der Waals surface area contributed by atoms with Crippen LogP contribution < -0.4 is 4.74 Å². The number of hydrogen-bond acceptors (Lipinski definition) is 2. The zero-order valence-corrected chi connectivity index (χ0v) is 12.4. The SMILES string of the molecule is Cc1ccc(C)c(OCC(CS)c2ccccc2)c1. The Balaban J connectivity index is 2.06. The van der Waals surface area contributed by atoms with Crippen LogP contribution in [0.25, 0.3) is 0 Å². The van der Waals surface area contributed by atoms with E-state index in [0.29, 0.717) is 12.5 Å². The van der Waals surface area contributed by atoms with Crippen molar-refractivity contribution in [3.63, 3.8) is 0 Å². The molecule has 19 heavy (non-hydrogen) atoms. The van der Waals surface area contributed by atoms with Crippen LogP contribution in [0.4, 0.5) is 0 Å². The molecule has 2 aromatic rings. The molecule has 0 amide bonds. The summed E-state index contributed by atoms with van der Waals surface area (Å²) in [5, 5.41) is 0. The van der Waals surface area contributed by atoms with E-state index in [9.17, 15) is 0 Å². The summed E-state index contributed by atoms with van der Waals surface area (Å²) in [5.74, 6) is 2.08. The van der Waals surface area contributed by atoms with E-state index in [1.54, 1.807) is 0 Å². The molecular weight excluding hydrogens is 252 g/mol. The van der Waals surface area contributed by atoms with Crippen LogP contribution in [0, 0.1) is 13.8 Å². The summed E-state index contributed by atoms with van der Waals surface area (Å²) >= 11 is 4.44. The molecule has 0 aliphatic heterocycles. The van der Waals surface area contributed by atoms with Crippen molar-refractivity contribution < 1.29 is 4.74 Å². The summed E-state index contributed by atoms with van der Waals surface area (Å²) in [6.45, 7) is 4.82. The molecule has 100 valence electrons. The molecule has 0 aliphatic rings. The summed E-state index contributed by atoms with van der Waals surface area (Å²) in [6, 6.07) is 16.7. The van der Waals surface area contributed by atoms with Crippen LogP contribution in [0.2, 0.25) is 0 Å². The van der Waals surface area contributed by atoms with Crippen LogP contribution >= 0.6 is 12.6 Å². The molecule has 1 nitrogen and oxygen atoms in total. The fraction of sp³-hybridized carbons (Fsp3) is 0.294. The zero-order valence-electron chi connectivity index (χ0n) is 11.5. The van der Waals surface area contributed by atoms with E-state index >= 15 is 0 Å². The Hall–Kier alpha value is -1.41. The molecule has 0 N–H and O–H groups in total. The molecule has 0 aromatic heterocycles. The lowest BCUT2D eigenvalue weighted by molar-refractivity contribution is 0.295. The maximum absolute atomic E-state index is 5.98. The van der Waals surface area contributed by atoms with E-state index in [4.69, 9.17) is 4.74 Å². The minimum Gasteiger partial charge on any atom is -0.493 e. The maximum atomic E-state index is 5.98. The highest BCUT2D eigenvalue weighted by atomic mass is 32.1. The van der Waals surface area contributed by atoms with Crippen molar-refractivity contribution in [3.8, 4) is 5.75 Å². The number of rotatable bonds is 5. The molecule has 0 radical (unpaired) electrons. The highest BCUT2D eigenvalue weighted by molar-refractivity contribution is 7.80. The first kappa shape index (κ1) is 14.0. The first-order chi connectivity index (χ1) is 9.20.